The minimum absolute atomic E-state index is 0.0885. The monoisotopic (exact) mass is 415 g/mol. The van der Waals surface area contributed by atoms with Crippen LogP contribution in [-0.2, 0) is 14.8 Å². The Bertz CT molecular complexity index is 793. The summed E-state index contributed by atoms with van der Waals surface area (Å²) in [5.74, 6) is 0.257. The summed E-state index contributed by atoms with van der Waals surface area (Å²) < 4.78 is 32.4. The van der Waals surface area contributed by atoms with E-state index in [4.69, 9.17) is 4.74 Å². The summed E-state index contributed by atoms with van der Waals surface area (Å²) in [6.45, 7) is 4.70. The number of benzene rings is 1. The van der Waals surface area contributed by atoms with Crippen LogP contribution in [0.1, 0.15) is 33.1 Å². The Hall–Kier alpha value is -1.75. The SMILES string of the molecule is COC[C@](C)(CCO)Nc1ccc(S(=O)(=O)N2CCC[C@H](C)C2)cc1[N+](=O)[O-]. The predicted octanol–water partition coefficient (Wildman–Crippen LogP) is 2.21. The van der Waals surface area contributed by atoms with Crippen molar-refractivity contribution in [3.8, 4) is 0 Å². The van der Waals surface area contributed by atoms with Crippen LogP contribution in [0.3, 0.4) is 0 Å². The second-order valence-electron chi connectivity index (χ2n) is 7.64. The second-order valence-corrected chi connectivity index (χ2v) is 9.58. The molecule has 9 nitrogen and oxygen atoms in total. The summed E-state index contributed by atoms with van der Waals surface area (Å²) in [5, 5.41) is 23.9. The summed E-state index contributed by atoms with van der Waals surface area (Å²) in [4.78, 5) is 10.9. The van der Waals surface area contributed by atoms with E-state index in [-0.39, 0.29) is 35.4 Å². The number of anilines is 1. The van der Waals surface area contributed by atoms with Gasteiger partial charge in [0, 0.05) is 32.9 Å². The molecule has 0 aromatic heterocycles. The minimum Gasteiger partial charge on any atom is -0.396 e. The van der Waals surface area contributed by atoms with Crippen molar-refractivity contribution in [1.29, 1.82) is 0 Å². The van der Waals surface area contributed by atoms with Gasteiger partial charge in [0.1, 0.15) is 5.69 Å². The first-order valence-corrected chi connectivity index (χ1v) is 10.7. The molecule has 1 aliphatic rings. The van der Waals surface area contributed by atoms with Gasteiger partial charge in [-0.05, 0) is 44.2 Å². The van der Waals surface area contributed by atoms with Gasteiger partial charge in [0.25, 0.3) is 5.69 Å². The van der Waals surface area contributed by atoms with Crippen molar-refractivity contribution in [3.63, 3.8) is 0 Å². The number of aliphatic hydroxyl groups is 1. The molecule has 0 unspecified atom stereocenters. The van der Waals surface area contributed by atoms with Crippen LogP contribution in [0.15, 0.2) is 23.1 Å². The normalized spacial score (nSPS) is 20.5. The first-order valence-electron chi connectivity index (χ1n) is 9.29. The van der Waals surface area contributed by atoms with Crippen LogP contribution in [0.4, 0.5) is 11.4 Å². The molecule has 0 aliphatic carbocycles. The molecular weight excluding hydrogens is 386 g/mol. The first-order chi connectivity index (χ1) is 13.1. The number of aliphatic hydroxyl groups excluding tert-OH is 1. The number of piperidine rings is 1. The predicted molar refractivity (Wildman–Crippen MR) is 106 cm³/mol. The maximum atomic E-state index is 12.9. The second kappa shape index (κ2) is 9.17. The Balaban J connectivity index is 2.38. The summed E-state index contributed by atoms with van der Waals surface area (Å²) in [6.07, 6.45) is 2.06. The third-order valence-corrected chi connectivity index (χ3v) is 6.85. The molecule has 0 bridgehead atoms. The fourth-order valence-corrected chi connectivity index (χ4v) is 5.12. The average molecular weight is 416 g/mol. The number of methoxy groups -OCH3 is 1. The fraction of sp³-hybridized carbons (Fsp3) is 0.667. The largest absolute Gasteiger partial charge is 0.396 e. The van der Waals surface area contributed by atoms with Gasteiger partial charge in [0.05, 0.1) is 22.0 Å². The van der Waals surface area contributed by atoms with E-state index in [1.165, 1.54) is 23.5 Å². The van der Waals surface area contributed by atoms with E-state index < -0.39 is 20.5 Å². The van der Waals surface area contributed by atoms with Crippen molar-refractivity contribution in [2.24, 2.45) is 5.92 Å². The summed E-state index contributed by atoms with van der Waals surface area (Å²) in [6, 6.07) is 3.89. The minimum atomic E-state index is -3.80. The van der Waals surface area contributed by atoms with Crippen molar-refractivity contribution in [2.75, 3.05) is 38.7 Å². The molecule has 0 spiro atoms. The topological polar surface area (TPSA) is 122 Å². The van der Waals surface area contributed by atoms with Gasteiger partial charge < -0.3 is 15.2 Å². The quantitative estimate of drug-likeness (QED) is 0.468. The van der Waals surface area contributed by atoms with Gasteiger partial charge in [-0.25, -0.2) is 8.42 Å². The van der Waals surface area contributed by atoms with Gasteiger partial charge in [0.2, 0.25) is 10.0 Å². The number of nitro benzene ring substituents is 1. The van der Waals surface area contributed by atoms with Crippen LogP contribution in [-0.4, -0.2) is 61.7 Å². The number of nitrogens with zero attached hydrogens (tertiary/aromatic N) is 2. The lowest BCUT2D eigenvalue weighted by atomic mass is 9.98. The van der Waals surface area contributed by atoms with Crippen LogP contribution < -0.4 is 5.32 Å². The number of hydrogen-bond donors (Lipinski definition) is 2. The standard InChI is InChI=1S/C18H29N3O6S/c1-14-5-4-9-20(12-14)28(25,26)15-6-7-16(17(11-15)21(23)24)19-18(2,8-10-22)13-27-3/h6-7,11,14,19,22H,4-5,8-10,12-13H2,1-3H3/t14-,18-/m0/s1. The maximum absolute atomic E-state index is 12.9. The van der Waals surface area contributed by atoms with E-state index in [1.807, 2.05) is 6.92 Å². The van der Waals surface area contributed by atoms with Gasteiger partial charge in [-0.3, -0.25) is 10.1 Å². The van der Waals surface area contributed by atoms with Crippen LogP contribution in [0.5, 0.6) is 0 Å². The summed E-state index contributed by atoms with van der Waals surface area (Å²) in [5.41, 5.74) is -0.882. The number of ether oxygens (including phenoxy) is 1. The van der Waals surface area contributed by atoms with E-state index in [2.05, 4.69) is 5.32 Å². The maximum Gasteiger partial charge on any atom is 0.293 e. The first kappa shape index (κ1) is 22.5. The van der Waals surface area contributed by atoms with Crippen LogP contribution >= 0.6 is 0 Å². The van der Waals surface area contributed by atoms with Gasteiger partial charge in [-0.1, -0.05) is 6.92 Å². The third kappa shape index (κ3) is 5.19. The Kier molecular flexibility index (Phi) is 7.38. The van der Waals surface area contributed by atoms with Crippen molar-refractivity contribution in [3.05, 3.63) is 28.3 Å². The van der Waals surface area contributed by atoms with Gasteiger partial charge in [-0.2, -0.15) is 4.31 Å². The molecule has 28 heavy (non-hydrogen) atoms. The van der Waals surface area contributed by atoms with Crippen molar-refractivity contribution in [1.82, 2.24) is 4.31 Å². The molecule has 0 radical (unpaired) electrons. The lowest BCUT2D eigenvalue weighted by Crippen LogP contribution is -2.41. The van der Waals surface area contributed by atoms with Crippen LogP contribution in [0.2, 0.25) is 0 Å². The number of nitro groups is 1. The Morgan fingerprint density at radius 3 is 2.75 bits per heavy atom. The Labute approximate surface area is 165 Å². The number of rotatable bonds is 9. The fourth-order valence-electron chi connectivity index (χ4n) is 3.50. The molecule has 2 N–H and O–H groups in total. The number of sulfonamides is 1. The smallest absolute Gasteiger partial charge is 0.293 e. The zero-order chi connectivity index (χ0) is 20.9. The highest BCUT2D eigenvalue weighted by Crippen LogP contribution is 2.33. The van der Waals surface area contributed by atoms with E-state index in [0.717, 1.165) is 18.9 Å². The van der Waals surface area contributed by atoms with Gasteiger partial charge >= 0.3 is 0 Å². The van der Waals surface area contributed by atoms with E-state index >= 15 is 0 Å². The van der Waals surface area contributed by atoms with Gasteiger partial charge in [-0.15, -0.1) is 0 Å². The Morgan fingerprint density at radius 2 is 2.18 bits per heavy atom. The van der Waals surface area contributed by atoms with Gasteiger partial charge in [0.15, 0.2) is 0 Å². The lowest BCUT2D eigenvalue weighted by Gasteiger charge is -2.31. The van der Waals surface area contributed by atoms with Crippen molar-refractivity contribution >= 4 is 21.4 Å². The molecule has 1 aromatic carbocycles. The molecular formula is C18H29N3O6S. The van der Waals surface area contributed by atoms with Crippen LogP contribution in [0, 0.1) is 16.0 Å². The van der Waals surface area contributed by atoms with Crippen molar-refractivity contribution in [2.45, 2.75) is 43.5 Å². The molecule has 158 valence electrons. The molecule has 2 rings (SSSR count). The zero-order valence-electron chi connectivity index (χ0n) is 16.6. The molecule has 1 aliphatic heterocycles. The van der Waals surface area contributed by atoms with E-state index in [9.17, 15) is 23.6 Å². The molecule has 0 saturated carbocycles. The molecule has 1 heterocycles. The highest BCUT2D eigenvalue weighted by atomic mass is 32.2. The zero-order valence-corrected chi connectivity index (χ0v) is 17.4. The van der Waals surface area contributed by atoms with Crippen molar-refractivity contribution < 1.29 is 23.2 Å². The molecule has 2 atom stereocenters. The molecule has 1 aromatic rings. The highest BCUT2D eigenvalue weighted by Gasteiger charge is 2.32. The van der Waals surface area contributed by atoms with E-state index in [0.29, 0.717) is 19.5 Å². The van der Waals surface area contributed by atoms with Crippen LogP contribution in [0.25, 0.3) is 0 Å². The molecule has 1 saturated heterocycles. The molecule has 0 amide bonds. The number of hydrogen-bond acceptors (Lipinski definition) is 7. The summed E-state index contributed by atoms with van der Waals surface area (Å²) >= 11 is 0. The lowest BCUT2D eigenvalue weighted by molar-refractivity contribution is -0.384. The summed E-state index contributed by atoms with van der Waals surface area (Å²) in [7, 11) is -2.29. The highest BCUT2D eigenvalue weighted by molar-refractivity contribution is 7.89. The van der Waals surface area contributed by atoms with E-state index in [1.54, 1.807) is 6.92 Å². The molecule has 10 heteroatoms. The Morgan fingerprint density at radius 1 is 1.46 bits per heavy atom. The third-order valence-electron chi connectivity index (χ3n) is 4.99. The average Bonchev–Trinajstić information content (AvgIpc) is 2.62. The number of nitrogens with one attached hydrogen (secondary N) is 1. The molecule has 1 fully saturated rings.